The fraction of sp³-hybridized carbons (Fsp3) is 0.389. The molecule has 1 aliphatic rings. The third-order valence-electron chi connectivity index (χ3n) is 4.03. The maximum absolute atomic E-state index is 12.1. The predicted molar refractivity (Wildman–Crippen MR) is 88.0 cm³/mol. The van der Waals surface area contributed by atoms with Crippen molar-refractivity contribution in [2.45, 2.75) is 39.0 Å². The first-order chi connectivity index (χ1) is 11.2. The van der Waals surface area contributed by atoms with Gasteiger partial charge in [-0.2, -0.15) is 0 Å². The molecule has 0 radical (unpaired) electrons. The van der Waals surface area contributed by atoms with E-state index in [9.17, 15) is 4.79 Å². The van der Waals surface area contributed by atoms with Crippen molar-refractivity contribution in [1.29, 1.82) is 0 Å². The van der Waals surface area contributed by atoms with E-state index in [4.69, 9.17) is 4.42 Å². The molecule has 0 atom stereocenters. The smallest absolute Gasteiger partial charge is 0.308 e. The van der Waals surface area contributed by atoms with Crippen LogP contribution in [0.2, 0.25) is 0 Å². The molecule has 0 fully saturated rings. The van der Waals surface area contributed by atoms with Gasteiger partial charge in [-0.05, 0) is 51.2 Å². The maximum atomic E-state index is 12.1. The SMILES string of the molecule is Cc1ccc(-c2nnc(C(=O)NCCC3=CCCCC3)o2)cc1. The quantitative estimate of drug-likeness (QED) is 0.856. The third kappa shape index (κ3) is 4.06. The van der Waals surface area contributed by atoms with Gasteiger partial charge in [0.1, 0.15) is 0 Å². The van der Waals surface area contributed by atoms with Crippen LogP contribution in [0.15, 0.2) is 40.3 Å². The van der Waals surface area contributed by atoms with E-state index in [1.165, 1.54) is 18.4 Å². The van der Waals surface area contributed by atoms with Gasteiger partial charge >= 0.3 is 11.8 Å². The van der Waals surface area contributed by atoms with Crippen molar-refractivity contribution in [2.75, 3.05) is 6.54 Å². The Balaban J connectivity index is 1.55. The van der Waals surface area contributed by atoms with E-state index >= 15 is 0 Å². The number of carbonyl (C=O) groups excluding carboxylic acids is 1. The molecule has 0 spiro atoms. The molecule has 2 aromatic rings. The van der Waals surface area contributed by atoms with Gasteiger partial charge in [-0.3, -0.25) is 4.79 Å². The molecule has 0 bridgehead atoms. The lowest BCUT2D eigenvalue weighted by molar-refractivity contribution is 0.0920. The number of allylic oxidation sites excluding steroid dienone is 1. The molecule has 3 rings (SSSR count). The molecular weight excluding hydrogens is 290 g/mol. The molecule has 0 saturated heterocycles. The van der Waals surface area contributed by atoms with Crippen molar-refractivity contribution < 1.29 is 9.21 Å². The number of aryl methyl sites for hydroxylation is 1. The van der Waals surface area contributed by atoms with Crippen LogP contribution in [0.4, 0.5) is 0 Å². The summed E-state index contributed by atoms with van der Waals surface area (Å²) in [7, 11) is 0. The second-order valence-electron chi connectivity index (χ2n) is 5.89. The minimum Gasteiger partial charge on any atom is -0.412 e. The lowest BCUT2D eigenvalue weighted by Gasteiger charge is -2.12. The normalized spacial score (nSPS) is 14.4. The van der Waals surface area contributed by atoms with Gasteiger partial charge in [-0.1, -0.05) is 29.3 Å². The highest BCUT2D eigenvalue weighted by atomic mass is 16.4. The first-order valence-corrected chi connectivity index (χ1v) is 8.09. The van der Waals surface area contributed by atoms with Crippen molar-refractivity contribution in [2.24, 2.45) is 0 Å². The predicted octanol–water partition coefficient (Wildman–Crippen LogP) is 3.67. The van der Waals surface area contributed by atoms with Gasteiger partial charge in [0.05, 0.1) is 0 Å². The molecule has 0 unspecified atom stereocenters. The zero-order chi connectivity index (χ0) is 16.1. The summed E-state index contributed by atoms with van der Waals surface area (Å²) < 4.78 is 5.47. The summed E-state index contributed by atoms with van der Waals surface area (Å²) in [6.45, 7) is 2.62. The minimum atomic E-state index is -0.313. The molecule has 1 N–H and O–H groups in total. The topological polar surface area (TPSA) is 68.0 Å². The average Bonchev–Trinajstić information content (AvgIpc) is 3.06. The number of rotatable bonds is 5. The first-order valence-electron chi connectivity index (χ1n) is 8.09. The molecular formula is C18H21N3O2. The van der Waals surface area contributed by atoms with Gasteiger partial charge in [-0.25, -0.2) is 0 Å². The molecule has 1 aliphatic carbocycles. The van der Waals surface area contributed by atoms with E-state index in [2.05, 4.69) is 21.6 Å². The van der Waals surface area contributed by atoms with E-state index in [1.807, 2.05) is 31.2 Å². The van der Waals surface area contributed by atoms with E-state index in [0.29, 0.717) is 12.4 Å². The van der Waals surface area contributed by atoms with Gasteiger partial charge in [0.25, 0.3) is 0 Å². The zero-order valence-corrected chi connectivity index (χ0v) is 13.3. The van der Waals surface area contributed by atoms with Crippen LogP contribution in [0, 0.1) is 6.92 Å². The summed E-state index contributed by atoms with van der Waals surface area (Å²) in [4.78, 5) is 12.1. The van der Waals surface area contributed by atoms with Crippen molar-refractivity contribution in [1.82, 2.24) is 15.5 Å². The summed E-state index contributed by atoms with van der Waals surface area (Å²) in [6.07, 6.45) is 8.02. The highest BCUT2D eigenvalue weighted by Gasteiger charge is 2.15. The van der Waals surface area contributed by atoms with Crippen molar-refractivity contribution in [3.05, 3.63) is 47.4 Å². The van der Waals surface area contributed by atoms with Crippen molar-refractivity contribution in [3.63, 3.8) is 0 Å². The Morgan fingerprint density at radius 2 is 2.04 bits per heavy atom. The Kier molecular flexibility index (Phi) is 4.86. The number of carbonyl (C=O) groups is 1. The van der Waals surface area contributed by atoms with Crippen LogP contribution in [0.1, 0.15) is 48.4 Å². The monoisotopic (exact) mass is 311 g/mol. The number of hydrogen-bond donors (Lipinski definition) is 1. The van der Waals surface area contributed by atoms with Crippen LogP contribution in [0.5, 0.6) is 0 Å². The minimum absolute atomic E-state index is 0.0122. The Morgan fingerprint density at radius 1 is 1.22 bits per heavy atom. The molecule has 1 amide bonds. The Labute approximate surface area is 135 Å². The summed E-state index contributed by atoms with van der Waals surface area (Å²) in [5, 5.41) is 10.6. The molecule has 0 aliphatic heterocycles. The Hall–Kier alpha value is -2.43. The largest absolute Gasteiger partial charge is 0.412 e. The number of benzene rings is 1. The second kappa shape index (κ2) is 7.22. The van der Waals surface area contributed by atoms with Crippen LogP contribution in [-0.4, -0.2) is 22.6 Å². The fourth-order valence-corrected chi connectivity index (χ4v) is 2.67. The first kappa shape index (κ1) is 15.5. The van der Waals surface area contributed by atoms with Crippen LogP contribution in [0.25, 0.3) is 11.5 Å². The van der Waals surface area contributed by atoms with Gasteiger partial charge in [-0.15, -0.1) is 10.2 Å². The number of nitrogens with one attached hydrogen (secondary N) is 1. The summed E-state index contributed by atoms with van der Waals surface area (Å²) in [5.74, 6) is 0.0654. The van der Waals surface area contributed by atoms with Gasteiger partial charge in [0.15, 0.2) is 0 Å². The van der Waals surface area contributed by atoms with E-state index in [-0.39, 0.29) is 11.8 Å². The second-order valence-corrected chi connectivity index (χ2v) is 5.89. The number of hydrogen-bond acceptors (Lipinski definition) is 4. The fourth-order valence-electron chi connectivity index (χ4n) is 2.67. The van der Waals surface area contributed by atoms with E-state index in [1.54, 1.807) is 0 Å². The highest BCUT2D eigenvalue weighted by molar-refractivity contribution is 5.89. The van der Waals surface area contributed by atoms with Gasteiger partial charge < -0.3 is 9.73 Å². The average molecular weight is 311 g/mol. The third-order valence-corrected chi connectivity index (χ3v) is 4.03. The van der Waals surface area contributed by atoms with Crippen molar-refractivity contribution >= 4 is 5.91 Å². The van der Waals surface area contributed by atoms with E-state index in [0.717, 1.165) is 30.4 Å². The van der Waals surface area contributed by atoms with Gasteiger partial charge in [0, 0.05) is 12.1 Å². The zero-order valence-electron chi connectivity index (χ0n) is 13.3. The molecule has 23 heavy (non-hydrogen) atoms. The maximum Gasteiger partial charge on any atom is 0.308 e. The van der Waals surface area contributed by atoms with Crippen molar-refractivity contribution in [3.8, 4) is 11.5 Å². The van der Waals surface area contributed by atoms with Crippen LogP contribution < -0.4 is 5.32 Å². The highest BCUT2D eigenvalue weighted by Crippen LogP contribution is 2.20. The Bertz CT molecular complexity index is 701. The number of amides is 1. The molecule has 1 aromatic carbocycles. The van der Waals surface area contributed by atoms with E-state index < -0.39 is 0 Å². The molecule has 1 aromatic heterocycles. The van der Waals surface area contributed by atoms with Crippen LogP contribution >= 0.6 is 0 Å². The van der Waals surface area contributed by atoms with Crippen LogP contribution in [0.3, 0.4) is 0 Å². The summed E-state index contributed by atoms with van der Waals surface area (Å²) in [5.41, 5.74) is 3.40. The lowest BCUT2D eigenvalue weighted by Crippen LogP contribution is -2.25. The Morgan fingerprint density at radius 3 is 2.78 bits per heavy atom. The molecule has 1 heterocycles. The van der Waals surface area contributed by atoms with Crippen LogP contribution in [-0.2, 0) is 0 Å². The summed E-state index contributed by atoms with van der Waals surface area (Å²) in [6, 6.07) is 7.74. The molecule has 0 saturated carbocycles. The standard InChI is InChI=1S/C18H21N3O2/c1-13-7-9-15(10-8-13)17-20-21-18(23-17)16(22)19-12-11-14-5-3-2-4-6-14/h5,7-10H,2-4,6,11-12H2,1H3,(H,19,22). The lowest BCUT2D eigenvalue weighted by atomic mass is 9.97. The number of aromatic nitrogens is 2. The summed E-state index contributed by atoms with van der Waals surface area (Å²) >= 11 is 0. The molecule has 5 heteroatoms. The molecule has 5 nitrogen and oxygen atoms in total. The molecule has 120 valence electrons. The number of nitrogens with zero attached hydrogens (tertiary/aromatic N) is 2. The van der Waals surface area contributed by atoms with Gasteiger partial charge in [0.2, 0.25) is 5.89 Å².